The molecule has 0 aromatic rings. The molecule has 1 aliphatic rings. The van der Waals surface area contributed by atoms with Gasteiger partial charge in [0.2, 0.25) is 0 Å². The molecule has 2 heteroatoms. The average molecular weight is 300 g/mol. The van der Waals surface area contributed by atoms with E-state index in [2.05, 4.69) is 6.08 Å². The summed E-state index contributed by atoms with van der Waals surface area (Å²) in [6, 6.07) is 0. The van der Waals surface area contributed by atoms with Crippen molar-refractivity contribution in [2.24, 2.45) is 11.8 Å². The molecule has 0 aromatic carbocycles. The van der Waals surface area contributed by atoms with Crippen LogP contribution >= 0.6 is 0 Å². The molecule has 0 heterocycles. The summed E-state index contributed by atoms with van der Waals surface area (Å²) in [7, 11) is 0. The first kappa shape index (κ1) is 18.3. The molecule has 0 aromatic heterocycles. The third kappa shape index (κ3) is 5.25. The monoisotopic (exact) mass is 300 g/mol. The molecule has 1 rings (SSSR count). The number of allylic oxidation sites excluding steroid dienone is 8. The molecular formula is C20H28O2. The fourth-order valence-electron chi connectivity index (χ4n) is 3.05. The van der Waals surface area contributed by atoms with Crippen LogP contribution in [0.15, 0.2) is 46.6 Å². The minimum absolute atomic E-state index is 0.0121. The Hall–Kier alpha value is -1.70. The Morgan fingerprint density at radius 3 is 2.14 bits per heavy atom. The zero-order valence-electron chi connectivity index (χ0n) is 14.7. The van der Waals surface area contributed by atoms with E-state index in [4.69, 9.17) is 0 Å². The summed E-state index contributed by atoms with van der Waals surface area (Å²) in [5.41, 5.74) is 4.15. The van der Waals surface area contributed by atoms with Crippen molar-refractivity contribution in [1.82, 2.24) is 0 Å². The normalized spacial score (nSPS) is 21.7. The van der Waals surface area contributed by atoms with Gasteiger partial charge in [-0.15, -0.1) is 0 Å². The van der Waals surface area contributed by atoms with Crippen LogP contribution < -0.4 is 0 Å². The predicted molar refractivity (Wildman–Crippen MR) is 92.6 cm³/mol. The Morgan fingerprint density at radius 1 is 1.00 bits per heavy atom. The van der Waals surface area contributed by atoms with Gasteiger partial charge in [0.1, 0.15) is 0 Å². The minimum atomic E-state index is -0.126. The lowest BCUT2D eigenvalue weighted by Gasteiger charge is -2.30. The Kier molecular flexibility index (Phi) is 6.73. The van der Waals surface area contributed by atoms with Crippen LogP contribution in [0.3, 0.4) is 0 Å². The largest absolute Gasteiger partial charge is 0.294 e. The molecule has 120 valence electrons. The smallest absolute Gasteiger partial charge is 0.178 e. The molecule has 0 spiro atoms. The summed E-state index contributed by atoms with van der Waals surface area (Å²) in [6.45, 7) is 11.7. The van der Waals surface area contributed by atoms with Crippen molar-refractivity contribution in [2.75, 3.05) is 0 Å². The summed E-state index contributed by atoms with van der Waals surface area (Å²) < 4.78 is 0. The highest BCUT2D eigenvalue weighted by molar-refractivity contribution is 6.00. The van der Waals surface area contributed by atoms with E-state index < -0.39 is 0 Å². The lowest BCUT2D eigenvalue weighted by atomic mass is 9.73. The fraction of sp³-hybridized carbons (Fsp3) is 0.500. The second kappa shape index (κ2) is 8.07. The number of ketones is 2. The summed E-state index contributed by atoms with van der Waals surface area (Å²) in [6.07, 6.45) is 9.11. The summed E-state index contributed by atoms with van der Waals surface area (Å²) in [4.78, 5) is 24.5. The van der Waals surface area contributed by atoms with Gasteiger partial charge >= 0.3 is 0 Å². The van der Waals surface area contributed by atoms with E-state index >= 15 is 0 Å². The SMILES string of the molecule is CC(C)=CC(=O)/C=C(\C)[C@H]1CCC=C(C)[C@H]1C(=O)C=C(C)C. The Bertz CT molecular complexity index is 563. The zero-order chi connectivity index (χ0) is 16.9. The van der Waals surface area contributed by atoms with Crippen molar-refractivity contribution in [3.63, 3.8) is 0 Å². The second-order valence-corrected chi connectivity index (χ2v) is 6.75. The Balaban J connectivity index is 3.09. The topological polar surface area (TPSA) is 34.1 Å². The molecule has 0 saturated carbocycles. The van der Waals surface area contributed by atoms with Gasteiger partial charge in [-0.1, -0.05) is 28.4 Å². The highest BCUT2D eigenvalue weighted by atomic mass is 16.1. The van der Waals surface area contributed by atoms with Gasteiger partial charge in [0.05, 0.1) is 0 Å². The van der Waals surface area contributed by atoms with Gasteiger partial charge in [0.25, 0.3) is 0 Å². The van der Waals surface area contributed by atoms with Gasteiger partial charge in [-0.05, 0) is 78.5 Å². The molecule has 0 unspecified atom stereocenters. The molecule has 0 N–H and O–H groups in total. The third-order valence-corrected chi connectivity index (χ3v) is 3.96. The van der Waals surface area contributed by atoms with Crippen LogP contribution in [0.1, 0.15) is 54.4 Å². The highest BCUT2D eigenvalue weighted by Gasteiger charge is 2.31. The van der Waals surface area contributed by atoms with E-state index in [9.17, 15) is 9.59 Å². The van der Waals surface area contributed by atoms with Gasteiger partial charge in [-0.3, -0.25) is 9.59 Å². The molecule has 2 atom stereocenters. The number of carbonyl (C=O) groups is 2. The maximum absolute atomic E-state index is 12.6. The van der Waals surface area contributed by atoms with Crippen molar-refractivity contribution < 1.29 is 9.59 Å². The number of carbonyl (C=O) groups excluding carboxylic acids is 2. The molecule has 0 fully saturated rings. The van der Waals surface area contributed by atoms with E-state index in [0.29, 0.717) is 0 Å². The fourth-order valence-corrected chi connectivity index (χ4v) is 3.05. The van der Waals surface area contributed by atoms with Crippen LogP contribution in [0.5, 0.6) is 0 Å². The third-order valence-electron chi connectivity index (χ3n) is 3.96. The predicted octanol–water partition coefficient (Wildman–Crippen LogP) is 4.98. The molecule has 0 saturated heterocycles. The van der Waals surface area contributed by atoms with Crippen LogP contribution in [0, 0.1) is 11.8 Å². The van der Waals surface area contributed by atoms with Gasteiger partial charge in [0, 0.05) is 5.92 Å². The van der Waals surface area contributed by atoms with Crippen LogP contribution in [0.2, 0.25) is 0 Å². The number of hydrogen-bond donors (Lipinski definition) is 0. The highest BCUT2D eigenvalue weighted by Crippen LogP contribution is 2.36. The maximum atomic E-state index is 12.6. The van der Waals surface area contributed by atoms with Gasteiger partial charge in [-0.25, -0.2) is 0 Å². The number of hydrogen-bond acceptors (Lipinski definition) is 2. The van der Waals surface area contributed by atoms with Crippen molar-refractivity contribution in [2.45, 2.75) is 54.4 Å². The summed E-state index contributed by atoms with van der Waals surface area (Å²) in [5, 5.41) is 0. The average Bonchev–Trinajstić information content (AvgIpc) is 2.35. The van der Waals surface area contributed by atoms with Crippen molar-refractivity contribution >= 4 is 11.6 Å². The molecule has 22 heavy (non-hydrogen) atoms. The van der Waals surface area contributed by atoms with E-state index in [1.165, 1.54) is 0 Å². The first-order chi connectivity index (χ1) is 10.2. The van der Waals surface area contributed by atoms with Crippen LogP contribution in [0.4, 0.5) is 0 Å². The molecular weight excluding hydrogens is 272 g/mol. The Morgan fingerprint density at radius 2 is 1.59 bits per heavy atom. The van der Waals surface area contributed by atoms with Gasteiger partial charge < -0.3 is 0 Å². The second-order valence-electron chi connectivity index (χ2n) is 6.75. The van der Waals surface area contributed by atoms with Crippen LogP contribution in [0.25, 0.3) is 0 Å². The summed E-state index contributed by atoms with van der Waals surface area (Å²) >= 11 is 0. The first-order valence-electron chi connectivity index (χ1n) is 7.94. The van der Waals surface area contributed by atoms with Crippen molar-refractivity contribution in [1.29, 1.82) is 0 Å². The van der Waals surface area contributed by atoms with Crippen LogP contribution in [-0.4, -0.2) is 11.6 Å². The minimum Gasteiger partial charge on any atom is -0.294 e. The molecule has 0 radical (unpaired) electrons. The van der Waals surface area contributed by atoms with E-state index in [1.807, 2.05) is 41.5 Å². The van der Waals surface area contributed by atoms with Crippen LogP contribution in [-0.2, 0) is 9.59 Å². The lowest BCUT2D eigenvalue weighted by Crippen LogP contribution is -2.27. The molecule has 0 aliphatic heterocycles. The van der Waals surface area contributed by atoms with E-state index in [-0.39, 0.29) is 23.4 Å². The zero-order valence-corrected chi connectivity index (χ0v) is 14.7. The van der Waals surface area contributed by atoms with E-state index in [0.717, 1.165) is 35.1 Å². The lowest BCUT2D eigenvalue weighted by molar-refractivity contribution is -0.118. The maximum Gasteiger partial charge on any atom is 0.178 e. The van der Waals surface area contributed by atoms with Gasteiger partial charge in [0.15, 0.2) is 11.6 Å². The summed E-state index contributed by atoms with van der Waals surface area (Å²) in [5.74, 6) is 0.168. The first-order valence-corrected chi connectivity index (χ1v) is 7.94. The van der Waals surface area contributed by atoms with Crippen molar-refractivity contribution in [3.05, 3.63) is 46.6 Å². The van der Waals surface area contributed by atoms with E-state index in [1.54, 1.807) is 18.2 Å². The molecule has 0 amide bonds. The molecule has 1 aliphatic carbocycles. The number of rotatable bonds is 5. The Labute approximate surface area is 134 Å². The van der Waals surface area contributed by atoms with Gasteiger partial charge in [-0.2, -0.15) is 0 Å². The van der Waals surface area contributed by atoms with Crippen molar-refractivity contribution in [3.8, 4) is 0 Å². The standard InChI is InChI=1S/C20H28O2/c1-13(2)10-17(21)12-16(6)18-9-7-8-15(5)20(18)19(22)11-14(3)4/h8,10-12,18,20H,7,9H2,1-6H3/b16-12+/t18-,20-/m1/s1. The molecule has 0 bridgehead atoms. The quantitative estimate of drug-likeness (QED) is 0.530. The molecule has 2 nitrogen and oxygen atoms in total.